The fourth-order valence-corrected chi connectivity index (χ4v) is 3.25. The van der Waals surface area contributed by atoms with Crippen molar-refractivity contribution in [2.24, 2.45) is 0 Å². The fourth-order valence-electron chi connectivity index (χ4n) is 2.39. The Bertz CT molecular complexity index is 779. The van der Waals surface area contributed by atoms with Crippen LogP contribution in [0.3, 0.4) is 0 Å². The molecule has 0 radical (unpaired) electrons. The van der Waals surface area contributed by atoms with E-state index in [1.807, 2.05) is 31.3 Å². The highest BCUT2D eigenvalue weighted by Crippen LogP contribution is 2.30. The number of hydrogen-bond acceptors (Lipinski definition) is 5. The molecule has 2 aromatic heterocycles. The van der Waals surface area contributed by atoms with Crippen LogP contribution in [0.15, 0.2) is 30.5 Å². The lowest BCUT2D eigenvalue weighted by Crippen LogP contribution is -2.06. The van der Waals surface area contributed by atoms with Gasteiger partial charge in [-0.2, -0.15) is 0 Å². The third-order valence-corrected chi connectivity index (χ3v) is 4.41. The van der Waals surface area contributed by atoms with Gasteiger partial charge < -0.3 is 11.1 Å². The van der Waals surface area contributed by atoms with Gasteiger partial charge in [0.05, 0.1) is 38.8 Å². The van der Waals surface area contributed by atoms with Crippen LogP contribution in [0.2, 0.25) is 0 Å². The van der Waals surface area contributed by atoms with Crippen LogP contribution in [0.4, 0.5) is 11.4 Å². The number of benzene rings is 1. The summed E-state index contributed by atoms with van der Waals surface area (Å²) >= 11 is 1.66. The third kappa shape index (κ3) is 2.83. The lowest BCUT2D eigenvalue weighted by atomic mass is 10.1. The lowest BCUT2D eigenvalue weighted by Gasteiger charge is -2.11. The van der Waals surface area contributed by atoms with Crippen molar-refractivity contribution in [2.75, 3.05) is 11.1 Å². The molecule has 1 aromatic carbocycles. The predicted octanol–water partition coefficient (Wildman–Crippen LogP) is 3.76. The van der Waals surface area contributed by atoms with Gasteiger partial charge in [-0.1, -0.05) is 13.0 Å². The maximum atomic E-state index is 6.13. The van der Waals surface area contributed by atoms with Gasteiger partial charge in [-0.3, -0.25) is 4.98 Å². The minimum Gasteiger partial charge on any atom is -0.397 e. The molecular weight excluding hydrogens is 280 g/mol. The molecule has 21 heavy (non-hydrogen) atoms. The van der Waals surface area contributed by atoms with Crippen molar-refractivity contribution in [3.63, 3.8) is 0 Å². The maximum Gasteiger partial charge on any atom is 0.0907 e. The van der Waals surface area contributed by atoms with Gasteiger partial charge in [0.25, 0.3) is 0 Å². The Morgan fingerprint density at radius 3 is 3.00 bits per heavy atom. The number of anilines is 2. The highest BCUT2D eigenvalue weighted by Gasteiger charge is 2.07. The fraction of sp³-hybridized carbons (Fsp3) is 0.250. The molecular formula is C16H18N4S. The van der Waals surface area contributed by atoms with Crippen LogP contribution in [0.1, 0.15) is 23.2 Å². The Hall–Kier alpha value is -2.14. The number of aromatic nitrogens is 2. The summed E-state index contributed by atoms with van der Waals surface area (Å²) in [7, 11) is 0. The SMILES string of the molecule is CCc1cccnc1CNc1cc2nc(C)sc2cc1N. The van der Waals surface area contributed by atoms with E-state index in [2.05, 4.69) is 28.3 Å². The maximum absolute atomic E-state index is 6.13. The summed E-state index contributed by atoms with van der Waals surface area (Å²) in [6, 6.07) is 8.09. The quantitative estimate of drug-likeness (QED) is 0.720. The molecule has 0 spiro atoms. The number of nitrogens with two attached hydrogens (primary N) is 1. The van der Waals surface area contributed by atoms with Crippen LogP contribution in [0.5, 0.6) is 0 Å². The zero-order valence-electron chi connectivity index (χ0n) is 12.2. The lowest BCUT2D eigenvalue weighted by molar-refractivity contribution is 0.972. The number of thiazole rings is 1. The number of aryl methyl sites for hydroxylation is 2. The molecule has 0 aliphatic carbocycles. The second-order valence-corrected chi connectivity index (χ2v) is 6.19. The van der Waals surface area contributed by atoms with Crippen LogP contribution in [0, 0.1) is 6.92 Å². The van der Waals surface area contributed by atoms with Gasteiger partial charge in [0.15, 0.2) is 0 Å². The summed E-state index contributed by atoms with van der Waals surface area (Å²) in [5.41, 5.74) is 11.1. The zero-order valence-corrected chi connectivity index (χ0v) is 13.0. The van der Waals surface area contributed by atoms with E-state index in [0.717, 1.165) is 38.7 Å². The van der Waals surface area contributed by atoms with Gasteiger partial charge in [-0.05, 0) is 37.1 Å². The number of nitrogen functional groups attached to an aromatic ring is 1. The van der Waals surface area contributed by atoms with Gasteiger partial charge in [-0.25, -0.2) is 4.98 Å². The van der Waals surface area contributed by atoms with Crippen LogP contribution in [-0.4, -0.2) is 9.97 Å². The van der Waals surface area contributed by atoms with Crippen LogP contribution in [-0.2, 0) is 13.0 Å². The highest BCUT2D eigenvalue weighted by atomic mass is 32.1. The highest BCUT2D eigenvalue weighted by molar-refractivity contribution is 7.18. The van der Waals surface area contributed by atoms with Gasteiger partial charge in [0.2, 0.25) is 0 Å². The molecule has 0 saturated heterocycles. The Morgan fingerprint density at radius 1 is 1.33 bits per heavy atom. The van der Waals surface area contributed by atoms with Gasteiger partial charge in [0, 0.05) is 6.20 Å². The predicted molar refractivity (Wildman–Crippen MR) is 89.7 cm³/mol. The summed E-state index contributed by atoms with van der Waals surface area (Å²) in [5, 5.41) is 4.44. The molecule has 0 aliphatic rings. The van der Waals surface area contributed by atoms with Crippen molar-refractivity contribution >= 4 is 32.9 Å². The molecule has 3 rings (SSSR count). The first-order valence-electron chi connectivity index (χ1n) is 7.00. The Kier molecular flexibility index (Phi) is 3.75. The Labute approximate surface area is 128 Å². The number of nitrogens with one attached hydrogen (secondary N) is 1. The van der Waals surface area contributed by atoms with Crippen molar-refractivity contribution in [1.82, 2.24) is 9.97 Å². The number of nitrogens with zero attached hydrogens (tertiary/aromatic N) is 2. The number of fused-ring (bicyclic) bond motifs is 1. The molecule has 0 amide bonds. The molecule has 0 aliphatic heterocycles. The summed E-state index contributed by atoms with van der Waals surface area (Å²) < 4.78 is 1.13. The second kappa shape index (κ2) is 5.69. The summed E-state index contributed by atoms with van der Waals surface area (Å²) in [6.07, 6.45) is 2.80. The normalized spacial score (nSPS) is 11.0. The first-order chi connectivity index (χ1) is 10.2. The zero-order chi connectivity index (χ0) is 14.8. The van der Waals surface area contributed by atoms with Crippen LogP contribution >= 0.6 is 11.3 Å². The molecule has 0 fully saturated rings. The molecule has 0 atom stereocenters. The number of rotatable bonds is 4. The topological polar surface area (TPSA) is 63.8 Å². The van der Waals surface area contributed by atoms with Crippen molar-refractivity contribution in [3.8, 4) is 0 Å². The van der Waals surface area contributed by atoms with Crippen molar-refractivity contribution in [3.05, 3.63) is 46.7 Å². The average molecular weight is 298 g/mol. The van der Waals surface area contributed by atoms with Crippen molar-refractivity contribution in [1.29, 1.82) is 0 Å². The van der Waals surface area contributed by atoms with E-state index in [9.17, 15) is 0 Å². The average Bonchev–Trinajstić information content (AvgIpc) is 2.84. The van der Waals surface area contributed by atoms with Gasteiger partial charge in [-0.15, -0.1) is 11.3 Å². The second-order valence-electron chi connectivity index (χ2n) is 4.96. The summed E-state index contributed by atoms with van der Waals surface area (Å²) in [4.78, 5) is 8.95. The Morgan fingerprint density at radius 2 is 2.19 bits per heavy atom. The van der Waals surface area contributed by atoms with E-state index in [1.54, 1.807) is 11.3 Å². The smallest absolute Gasteiger partial charge is 0.0907 e. The minimum absolute atomic E-state index is 0.669. The molecule has 5 heteroatoms. The minimum atomic E-state index is 0.669. The van der Waals surface area contributed by atoms with Gasteiger partial charge >= 0.3 is 0 Å². The van der Waals surface area contributed by atoms with Crippen molar-refractivity contribution < 1.29 is 0 Å². The molecule has 4 nitrogen and oxygen atoms in total. The van der Waals surface area contributed by atoms with E-state index >= 15 is 0 Å². The van der Waals surface area contributed by atoms with E-state index in [0.29, 0.717) is 6.54 Å². The molecule has 3 N–H and O–H groups in total. The largest absolute Gasteiger partial charge is 0.397 e. The van der Waals surface area contributed by atoms with Crippen LogP contribution in [0.25, 0.3) is 10.2 Å². The first kappa shape index (κ1) is 13.8. The molecule has 2 heterocycles. The van der Waals surface area contributed by atoms with Crippen LogP contribution < -0.4 is 11.1 Å². The molecule has 3 aromatic rings. The van der Waals surface area contributed by atoms with E-state index < -0.39 is 0 Å². The van der Waals surface area contributed by atoms with Crippen molar-refractivity contribution in [2.45, 2.75) is 26.8 Å². The molecule has 0 bridgehead atoms. The molecule has 0 unspecified atom stereocenters. The summed E-state index contributed by atoms with van der Waals surface area (Å²) in [6.45, 7) is 4.82. The molecule has 0 saturated carbocycles. The monoisotopic (exact) mass is 298 g/mol. The number of pyridine rings is 1. The summed E-state index contributed by atoms with van der Waals surface area (Å²) in [5.74, 6) is 0. The number of hydrogen-bond donors (Lipinski definition) is 2. The van der Waals surface area contributed by atoms with E-state index in [1.165, 1.54) is 5.56 Å². The van der Waals surface area contributed by atoms with Gasteiger partial charge in [0.1, 0.15) is 0 Å². The van der Waals surface area contributed by atoms with E-state index in [-0.39, 0.29) is 0 Å². The van der Waals surface area contributed by atoms with E-state index in [4.69, 9.17) is 5.73 Å². The standard InChI is InChI=1S/C16H18N4S/c1-3-11-5-4-6-18-15(11)9-19-13-8-14-16(7-12(13)17)21-10(2)20-14/h4-8,19H,3,9,17H2,1-2H3. The molecule has 108 valence electrons. The first-order valence-corrected chi connectivity index (χ1v) is 7.82. The third-order valence-electron chi connectivity index (χ3n) is 3.48. The Balaban J connectivity index is 1.86.